The van der Waals surface area contributed by atoms with Crippen LogP contribution in [0, 0.1) is 5.92 Å². The van der Waals surface area contributed by atoms with E-state index in [2.05, 4.69) is 25.6 Å². The molecule has 1 heterocycles. The zero-order chi connectivity index (χ0) is 22.5. The SMILES string of the molecule is C=C(C)[C@@H]1C[C@H](c2ccccc2)[C@H](CC)O[C@@H]1c1cc(Cl)cc(OC)c1OCC(=O)O. The number of carbonyl (C=O) groups is 1. The minimum absolute atomic E-state index is 0.00311. The molecular formula is C25H29ClO5. The number of ether oxygens (including phenoxy) is 3. The van der Waals surface area contributed by atoms with Crippen LogP contribution in [0.1, 0.15) is 49.8 Å². The monoisotopic (exact) mass is 444 g/mol. The molecule has 1 saturated heterocycles. The van der Waals surface area contributed by atoms with Crippen molar-refractivity contribution in [2.24, 2.45) is 5.92 Å². The number of hydrogen-bond donors (Lipinski definition) is 1. The summed E-state index contributed by atoms with van der Waals surface area (Å²) in [7, 11) is 1.50. The lowest BCUT2D eigenvalue weighted by molar-refractivity contribution is -0.139. The quantitative estimate of drug-likeness (QED) is 0.503. The zero-order valence-corrected chi connectivity index (χ0v) is 18.9. The summed E-state index contributed by atoms with van der Waals surface area (Å²) in [5.41, 5.74) is 2.91. The van der Waals surface area contributed by atoms with Gasteiger partial charge in [0.1, 0.15) is 0 Å². The Morgan fingerprint density at radius 3 is 2.58 bits per heavy atom. The van der Waals surface area contributed by atoms with E-state index in [0.717, 1.165) is 18.4 Å². The number of aliphatic carboxylic acids is 1. The van der Waals surface area contributed by atoms with Crippen LogP contribution in [0.3, 0.4) is 0 Å². The Labute approximate surface area is 188 Å². The minimum Gasteiger partial charge on any atom is -0.493 e. The van der Waals surface area contributed by atoms with E-state index in [1.165, 1.54) is 12.7 Å². The Balaban J connectivity index is 2.05. The van der Waals surface area contributed by atoms with Gasteiger partial charge in [0.05, 0.1) is 19.3 Å². The summed E-state index contributed by atoms with van der Waals surface area (Å²) >= 11 is 6.37. The highest BCUT2D eigenvalue weighted by Gasteiger charge is 2.40. The number of methoxy groups -OCH3 is 1. The summed E-state index contributed by atoms with van der Waals surface area (Å²) in [5.74, 6) is -0.110. The topological polar surface area (TPSA) is 65.0 Å². The van der Waals surface area contributed by atoms with Gasteiger partial charge in [-0.15, -0.1) is 0 Å². The molecule has 31 heavy (non-hydrogen) atoms. The molecule has 0 aliphatic carbocycles. The molecule has 2 aromatic carbocycles. The van der Waals surface area contributed by atoms with Crippen molar-refractivity contribution in [1.29, 1.82) is 0 Å². The molecule has 2 aromatic rings. The number of carboxylic acids is 1. The van der Waals surface area contributed by atoms with Crippen LogP contribution in [0.4, 0.5) is 0 Å². The van der Waals surface area contributed by atoms with Crippen LogP contribution in [0.5, 0.6) is 11.5 Å². The molecule has 5 nitrogen and oxygen atoms in total. The molecule has 0 unspecified atom stereocenters. The van der Waals surface area contributed by atoms with Gasteiger partial charge < -0.3 is 19.3 Å². The van der Waals surface area contributed by atoms with Crippen LogP contribution in [0.25, 0.3) is 0 Å². The van der Waals surface area contributed by atoms with Gasteiger partial charge in [0.15, 0.2) is 18.1 Å². The van der Waals surface area contributed by atoms with Crippen LogP contribution in [0.15, 0.2) is 54.6 Å². The lowest BCUT2D eigenvalue weighted by atomic mass is 9.75. The first-order valence-corrected chi connectivity index (χ1v) is 10.8. The van der Waals surface area contributed by atoms with E-state index in [1.807, 2.05) is 25.1 Å². The van der Waals surface area contributed by atoms with Crippen molar-refractivity contribution in [3.8, 4) is 11.5 Å². The molecule has 0 radical (unpaired) electrons. The third kappa shape index (κ3) is 5.23. The third-order valence-electron chi connectivity index (χ3n) is 5.82. The van der Waals surface area contributed by atoms with E-state index in [4.69, 9.17) is 30.9 Å². The van der Waals surface area contributed by atoms with Gasteiger partial charge in [-0.3, -0.25) is 0 Å². The zero-order valence-electron chi connectivity index (χ0n) is 18.1. The van der Waals surface area contributed by atoms with E-state index >= 15 is 0 Å². The minimum atomic E-state index is -1.07. The average Bonchev–Trinajstić information content (AvgIpc) is 2.77. The number of carboxylic acid groups (broad SMARTS) is 1. The molecule has 0 amide bonds. The van der Waals surface area contributed by atoms with E-state index in [0.29, 0.717) is 22.1 Å². The molecule has 0 saturated carbocycles. The Morgan fingerprint density at radius 1 is 1.29 bits per heavy atom. The molecule has 3 rings (SSSR count). The van der Waals surface area contributed by atoms with E-state index in [-0.39, 0.29) is 24.0 Å². The van der Waals surface area contributed by atoms with E-state index in [1.54, 1.807) is 12.1 Å². The summed E-state index contributed by atoms with van der Waals surface area (Å²) in [6.45, 7) is 7.84. The van der Waals surface area contributed by atoms with Crippen LogP contribution >= 0.6 is 11.6 Å². The lowest BCUT2D eigenvalue weighted by Crippen LogP contribution is -2.36. The molecule has 166 valence electrons. The van der Waals surface area contributed by atoms with Crippen molar-refractivity contribution in [2.75, 3.05) is 13.7 Å². The molecule has 1 N–H and O–H groups in total. The summed E-state index contributed by atoms with van der Waals surface area (Å²) in [6.07, 6.45) is 1.30. The molecule has 1 aliphatic rings. The van der Waals surface area contributed by atoms with Gasteiger partial charge in [-0.2, -0.15) is 0 Å². The number of benzene rings is 2. The predicted molar refractivity (Wildman–Crippen MR) is 121 cm³/mol. The average molecular weight is 445 g/mol. The van der Waals surface area contributed by atoms with E-state index in [9.17, 15) is 4.79 Å². The lowest BCUT2D eigenvalue weighted by Gasteiger charge is -2.43. The highest BCUT2D eigenvalue weighted by atomic mass is 35.5. The molecule has 4 atom stereocenters. The van der Waals surface area contributed by atoms with Crippen molar-refractivity contribution in [3.05, 3.63) is 70.8 Å². The maximum atomic E-state index is 11.2. The highest BCUT2D eigenvalue weighted by molar-refractivity contribution is 6.30. The van der Waals surface area contributed by atoms with Crippen molar-refractivity contribution < 1.29 is 24.1 Å². The summed E-state index contributed by atoms with van der Waals surface area (Å²) in [6, 6.07) is 13.8. The third-order valence-corrected chi connectivity index (χ3v) is 6.04. The maximum absolute atomic E-state index is 11.2. The number of halogens is 1. The highest BCUT2D eigenvalue weighted by Crippen LogP contribution is 2.50. The fourth-order valence-corrected chi connectivity index (χ4v) is 4.57. The Bertz CT molecular complexity index is 927. The van der Waals surface area contributed by atoms with Gasteiger partial charge >= 0.3 is 5.97 Å². The molecule has 0 bridgehead atoms. The van der Waals surface area contributed by atoms with Crippen molar-refractivity contribution in [1.82, 2.24) is 0 Å². The number of rotatable bonds is 8. The standard InChI is InChI=1S/C25H29ClO5/c1-5-21-19(16-9-7-6-8-10-16)13-18(15(2)3)24(31-21)20-11-17(26)12-22(29-4)25(20)30-14-23(27)28/h6-12,18-19,21,24H,2,5,13-14H2,1,3-4H3,(H,27,28)/t18-,19+,21-,24-/m0/s1. The second-order valence-electron chi connectivity index (χ2n) is 7.92. The second kappa shape index (κ2) is 10.2. The van der Waals surface area contributed by atoms with Crippen LogP contribution < -0.4 is 9.47 Å². The van der Waals surface area contributed by atoms with Gasteiger partial charge in [-0.1, -0.05) is 61.0 Å². The fraction of sp³-hybridized carbons (Fsp3) is 0.400. The molecule has 0 spiro atoms. The fourth-order valence-electron chi connectivity index (χ4n) is 4.35. The maximum Gasteiger partial charge on any atom is 0.341 e. The van der Waals surface area contributed by atoms with Crippen molar-refractivity contribution >= 4 is 17.6 Å². The van der Waals surface area contributed by atoms with Crippen LogP contribution in [-0.2, 0) is 9.53 Å². The Kier molecular flexibility index (Phi) is 7.63. The first kappa shape index (κ1) is 23.2. The predicted octanol–water partition coefficient (Wildman–Crippen LogP) is 6.03. The van der Waals surface area contributed by atoms with Gasteiger partial charge in [0.25, 0.3) is 0 Å². The molecule has 0 aromatic heterocycles. The van der Waals surface area contributed by atoms with Gasteiger partial charge in [0, 0.05) is 28.5 Å². The van der Waals surface area contributed by atoms with Crippen molar-refractivity contribution in [3.63, 3.8) is 0 Å². The second-order valence-corrected chi connectivity index (χ2v) is 8.35. The van der Waals surface area contributed by atoms with Crippen LogP contribution in [-0.4, -0.2) is 30.9 Å². The summed E-state index contributed by atoms with van der Waals surface area (Å²) < 4.78 is 17.8. The molecule has 6 heteroatoms. The van der Waals surface area contributed by atoms with E-state index < -0.39 is 12.6 Å². The van der Waals surface area contributed by atoms with Gasteiger partial charge in [0.2, 0.25) is 0 Å². The summed E-state index contributed by atoms with van der Waals surface area (Å²) in [5, 5.41) is 9.61. The largest absolute Gasteiger partial charge is 0.493 e. The Morgan fingerprint density at radius 2 is 2.00 bits per heavy atom. The van der Waals surface area contributed by atoms with Gasteiger partial charge in [-0.25, -0.2) is 4.79 Å². The molecule has 1 fully saturated rings. The van der Waals surface area contributed by atoms with Gasteiger partial charge in [-0.05, 0) is 31.4 Å². The van der Waals surface area contributed by atoms with Crippen molar-refractivity contribution in [2.45, 2.75) is 44.8 Å². The first-order valence-electron chi connectivity index (χ1n) is 10.4. The smallest absolute Gasteiger partial charge is 0.341 e. The normalized spacial score (nSPS) is 23.2. The summed E-state index contributed by atoms with van der Waals surface area (Å²) in [4.78, 5) is 11.2. The first-order chi connectivity index (χ1) is 14.8. The van der Waals surface area contributed by atoms with Crippen LogP contribution in [0.2, 0.25) is 5.02 Å². The number of hydrogen-bond acceptors (Lipinski definition) is 4. The Hall–Kier alpha value is -2.50. The molecule has 1 aliphatic heterocycles. The molecular weight excluding hydrogens is 416 g/mol.